The highest BCUT2D eigenvalue weighted by Crippen LogP contribution is 2.04. The maximum Gasteiger partial charge on any atom is 0.322 e. The highest BCUT2D eigenvalue weighted by molar-refractivity contribution is 5.83. The third kappa shape index (κ3) is 3.57. The van der Waals surface area contributed by atoms with Crippen LogP contribution in [0.5, 0.6) is 0 Å². The van der Waals surface area contributed by atoms with Crippen molar-refractivity contribution in [1.29, 1.82) is 0 Å². The molecule has 0 saturated carbocycles. The molecule has 2 N–H and O–H groups in total. The molecular weight excluding hydrogens is 196 g/mol. The first-order valence-electron chi connectivity index (χ1n) is 4.86. The predicted molar refractivity (Wildman–Crippen MR) is 55.4 cm³/mol. The van der Waals surface area contributed by atoms with Gasteiger partial charge in [0, 0.05) is 6.04 Å². The van der Waals surface area contributed by atoms with Crippen LogP contribution in [0.4, 0.5) is 6.01 Å². The van der Waals surface area contributed by atoms with Crippen molar-refractivity contribution < 1.29 is 9.32 Å². The minimum atomic E-state index is -0.396. The summed E-state index contributed by atoms with van der Waals surface area (Å²) in [5, 5.41) is 9.20. The number of nitrogens with zero attached hydrogens (tertiary/aromatic N) is 2. The standard InChI is InChI=1S/C9H16N4O2/c1-5(2)10-8(14)6(3)11-9-12-7(4)13-15-9/h5-6H,1-4H3,(H,10,14)(H,11,12,13). The van der Waals surface area contributed by atoms with Gasteiger partial charge in [0.25, 0.3) is 0 Å². The molecule has 0 aromatic carbocycles. The quantitative estimate of drug-likeness (QED) is 0.768. The Labute approximate surface area is 88.4 Å². The molecular formula is C9H16N4O2. The zero-order valence-corrected chi connectivity index (χ0v) is 9.37. The topological polar surface area (TPSA) is 80.0 Å². The van der Waals surface area contributed by atoms with E-state index in [9.17, 15) is 4.79 Å². The molecule has 0 saturated heterocycles. The Hall–Kier alpha value is -1.59. The zero-order chi connectivity index (χ0) is 11.4. The molecule has 1 heterocycles. The molecule has 1 aromatic rings. The van der Waals surface area contributed by atoms with E-state index in [1.165, 1.54) is 0 Å². The minimum absolute atomic E-state index is 0.0964. The molecule has 0 bridgehead atoms. The second-order valence-electron chi connectivity index (χ2n) is 3.68. The summed E-state index contributed by atoms with van der Waals surface area (Å²) in [5.74, 6) is 0.440. The summed E-state index contributed by atoms with van der Waals surface area (Å²) >= 11 is 0. The predicted octanol–water partition coefficient (Wildman–Crippen LogP) is 0.703. The van der Waals surface area contributed by atoms with Crippen LogP contribution in [0.1, 0.15) is 26.6 Å². The Morgan fingerprint density at radius 2 is 2.07 bits per heavy atom. The monoisotopic (exact) mass is 212 g/mol. The van der Waals surface area contributed by atoms with E-state index < -0.39 is 6.04 Å². The van der Waals surface area contributed by atoms with Gasteiger partial charge in [-0.1, -0.05) is 5.16 Å². The number of aryl methyl sites for hydroxylation is 1. The van der Waals surface area contributed by atoms with E-state index in [-0.39, 0.29) is 18.0 Å². The highest BCUT2D eigenvalue weighted by atomic mass is 16.5. The van der Waals surface area contributed by atoms with Crippen molar-refractivity contribution in [2.24, 2.45) is 0 Å². The number of carbonyl (C=O) groups excluding carboxylic acids is 1. The molecule has 15 heavy (non-hydrogen) atoms. The maximum atomic E-state index is 11.5. The van der Waals surface area contributed by atoms with Gasteiger partial charge in [-0.2, -0.15) is 4.98 Å². The smallest absolute Gasteiger partial charge is 0.322 e. The summed E-state index contributed by atoms with van der Waals surface area (Å²) in [7, 11) is 0. The SMILES string of the molecule is Cc1noc(NC(C)C(=O)NC(C)C)n1. The Kier molecular flexibility index (Phi) is 3.65. The van der Waals surface area contributed by atoms with Crippen LogP contribution in [0.15, 0.2) is 4.52 Å². The van der Waals surface area contributed by atoms with Gasteiger partial charge >= 0.3 is 6.01 Å². The van der Waals surface area contributed by atoms with Gasteiger partial charge in [-0.25, -0.2) is 0 Å². The summed E-state index contributed by atoms with van der Waals surface area (Å²) < 4.78 is 4.84. The van der Waals surface area contributed by atoms with E-state index in [0.29, 0.717) is 5.82 Å². The molecule has 1 atom stereocenters. The Morgan fingerprint density at radius 1 is 1.40 bits per heavy atom. The first-order chi connectivity index (χ1) is 6.99. The molecule has 1 aromatic heterocycles. The van der Waals surface area contributed by atoms with Crippen LogP contribution in [-0.2, 0) is 4.79 Å². The van der Waals surface area contributed by atoms with Crippen LogP contribution in [0.3, 0.4) is 0 Å². The third-order valence-corrected chi connectivity index (χ3v) is 1.69. The summed E-state index contributed by atoms with van der Waals surface area (Å²) in [6.07, 6.45) is 0. The lowest BCUT2D eigenvalue weighted by Crippen LogP contribution is -2.41. The average molecular weight is 212 g/mol. The van der Waals surface area contributed by atoms with Gasteiger partial charge < -0.3 is 15.2 Å². The zero-order valence-electron chi connectivity index (χ0n) is 9.37. The maximum absolute atomic E-state index is 11.5. The molecule has 0 aliphatic rings. The summed E-state index contributed by atoms with van der Waals surface area (Å²) in [6, 6.07) is -0.0164. The van der Waals surface area contributed by atoms with Crippen molar-refractivity contribution in [2.75, 3.05) is 5.32 Å². The van der Waals surface area contributed by atoms with Crippen molar-refractivity contribution in [2.45, 2.75) is 39.8 Å². The molecule has 0 aliphatic carbocycles. The first-order valence-corrected chi connectivity index (χ1v) is 4.86. The number of amides is 1. The largest absolute Gasteiger partial charge is 0.352 e. The van der Waals surface area contributed by atoms with Gasteiger partial charge in [-0.3, -0.25) is 4.79 Å². The second-order valence-corrected chi connectivity index (χ2v) is 3.68. The van der Waals surface area contributed by atoms with Gasteiger partial charge in [0.2, 0.25) is 5.91 Å². The summed E-state index contributed by atoms with van der Waals surface area (Å²) in [4.78, 5) is 15.4. The van der Waals surface area contributed by atoms with Crippen LogP contribution in [-0.4, -0.2) is 28.1 Å². The van der Waals surface area contributed by atoms with Crippen LogP contribution in [0.25, 0.3) is 0 Å². The van der Waals surface area contributed by atoms with Crippen LogP contribution in [0, 0.1) is 6.92 Å². The summed E-state index contributed by atoms with van der Waals surface area (Å²) in [6.45, 7) is 7.26. The molecule has 84 valence electrons. The number of hydrogen-bond acceptors (Lipinski definition) is 5. The molecule has 0 fully saturated rings. The molecule has 1 unspecified atom stereocenters. The first kappa shape index (κ1) is 11.5. The second kappa shape index (κ2) is 4.77. The lowest BCUT2D eigenvalue weighted by Gasteiger charge is -2.14. The van der Waals surface area contributed by atoms with E-state index in [1.807, 2.05) is 13.8 Å². The molecule has 6 heteroatoms. The molecule has 0 aliphatic heterocycles. The lowest BCUT2D eigenvalue weighted by molar-refractivity contribution is -0.122. The molecule has 6 nitrogen and oxygen atoms in total. The van der Waals surface area contributed by atoms with E-state index in [2.05, 4.69) is 20.8 Å². The van der Waals surface area contributed by atoms with Crippen molar-refractivity contribution >= 4 is 11.9 Å². The van der Waals surface area contributed by atoms with Gasteiger partial charge in [0.1, 0.15) is 6.04 Å². The fraction of sp³-hybridized carbons (Fsp3) is 0.667. The number of aromatic nitrogens is 2. The summed E-state index contributed by atoms with van der Waals surface area (Å²) in [5.41, 5.74) is 0. The van der Waals surface area contributed by atoms with Crippen molar-refractivity contribution in [3.05, 3.63) is 5.82 Å². The molecule has 1 amide bonds. The number of anilines is 1. The fourth-order valence-electron chi connectivity index (χ4n) is 1.02. The minimum Gasteiger partial charge on any atom is -0.352 e. The number of carbonyl (C=O) groups is 1. The molecule has 0 radical (unpaired) electrons. The number of hydrogen-bond donors (Lipinski definition) is 2. The lowest BCUT2D eigenvalue weighted by atomic mass is 10.3. The van der Waals surface area contributed by atoms with E-state index in [0.717, 1.165) is 0 Å². The van der Waals surface area contributed by atoms with Crippen LogP contribution >= 0.6 is 0 Å². The van der Waals surface area contributed by atoms with E-state index in [1.54, 1.807) is 13.8 Å². The Morgan fingerprint density at radius 3 is 2.53 bits per heavy atom. The van der Waals surface area contributed by atoms with Crippen molar-refractivity contribution in [1.82, 2.24) is 15.5 Å². The van der Waals surface area contributed by atoms with Gasteiger partial charge in [0.05, 0.1) is 0 Å². The van der Waals surface area contributed by atoms with Crippen molar-refractivity contribution in [3.63, 3.8) is 0 Å². The van der Waals surface area contributed by atoms with Gasteiger partial charge in [-0.05, 0) is 27.7 Å². The molecule has 1 rings (SSSR count). The van der Waals surface area contributed by atoms with E-state index >= 15 is 0 Å². The fourth-order valence-corrected chi connectivity index (χ4v) is 1.02. The molecule has 0 spiro atoms. The van der Waals surface area contributed by atoms with Gasteiger partial charge in [0.15, 0.2) is 5.82 Å². The van der Waals surface area contributed by atoms with Crippen LogP contribution < -0.4 is 10.6 Å². The van der Waals surface area contributed by atoms with Crippen LogP contribution in [0.2, 0.25) is 0 Å². The third-order valence-electron chi connectivity index (χ3n) is 1.69. The van der Waals surface area contributed by atoms with E-state index in [4.69, 9.17) is 4.52 Å². The Bertz CT molecular complexity index is 335. The van der Waals surface area contributed by atoms with Gasteiger partial charge in [-0.15, -0.1) is 0 Å². The number of rotatable bonds is 4. The van der Waals surface area contributed by atoms with Crippen molar-refractivity contribution in [3.8, 4) is 0 Å². The normalized spacial score (nSPS) is 12.6. The highest BCUT2D eigenvalue weighted by Gasteiger charge is 2.15. The Balaban J connectivity index is 2.48. The number of nitrogens with one attached hydrogen (secondary N) is 2. The average Bonchev–Trinajstić information content (AvgIpc) is 2.50.